The molecule has 0 aliphatic heterocycles. The predicted octanol–water partition coefficient (Wildman–Crippen LogP) is 0.179. The van der Waals surface area contributed by atoms with Gasteiger partial charge in [0.25, 0.3) is 0 Å². The first-order valence-corrected chi connectivity index (χ1v) is 22.8. The van der Waals surface area contributed by atoms with E-state index in [1.165, 1.54) is 0 Å². The van der Waals surface area contributed by atoms with Crippen molar-refractivity contribution in [1.29, 1.82) is 5.41 Å². The normalized spacial score (nSPS) is 14.0. The Labute approximate surface area is 395 Å². The second-order valence-corrected chi connectivity index (χ2v) is 16.4. The lowest BCUT2D eigenvalue weighted by Gasteiger charge is -2.28. The van der Waals surface area contributed by atoms with Gasteiger partial charge in [0.1, 0.15) is 36.3 Å². The van der Waals surface area contributed by atoms with Crippen LogP contribution in [0.3, 0.4) is 0 Å². The molecule has 20 heteroatoms. The lowest BCUT2D eigenvalue weighted by Crippen LogP contribution is -2.60. The fraction of sp³-hybridized carbons (Fsp3) is 0.426. The first kappa shape index (κ1) is 54.7. The van der Waals surface area contributed by atoms with Crippen LogP contribution < -0.4 is 49.1 Å². The number of carboxylic acid groups (broad SMARTS) is 1. The molecule has 0 saturated carbocycles. The number of hydrogen-bond acceptors (Lipinski definition) is 12. The molecule has 19 nitrogen and oxygen atoms in total. The number of benzene rings is 3. The van der Waals surface area contributed by atoms with Crippen LogP contribution in [0.25, 0.3) is 0 Å². The van der Waals surface area contributed by atoms with Crippen LogP contribution in [-0.2, 0) is 57.6 Å². The van der Waals surface area contributed by atoms with Gasteiger partial charge in [-0.15, -0.1) is 0 Å². The summed E-state index contributed by atoms with van der Waals surface area (Å²) in [6.07, 6.45) is 2.02. The van der Waals surface area contributed by atoms with Crippen LogP contribution in [0.1, 0.15) is 68.1 Å². The van der Waals surface area contributed by atoms with Gasteiger partial charge < -0.3 is 59.6 Å². The minimum Gasteiger partial charge on any atom is -0.480 e. The van der Waals surface area contributed by atoms with Gasteiger partial charge in [0.2, 0.25) is 41.4 Å². The van der Waals surface area contributed by atoms with E-state index in [4.69, 9.17) is 22.6 Å². The SMILES string of the molecule is N=CCCC[C@H](NC(=O)[C@H](Cc1ccccc1)NC(=O)[C@H](CCCCN)NC(=O)[C@@H](N)CS)C(=O)N[C@@H](Cc1ccccc1)C(=O)N[C@@H](CCC(N)=O)C(=O)N[C@@H](Cc1ccccc1)C(=O)O. The minimum atomic E-state index is -1.46. The van der Waals surface area contributed by atoms with Crippen LogP contribution in [0, 0.1) is 5.41 Å². The highest BCUT2D eigenvalue weighted by molar-refractivity contribution is 7.80. The molecule has 3 rings (SSSR count). The number of aliphatic carboxylic acids is 1. The van der Waals surface area contributed by atoms with Crippen molar-refractivity contribution in [3.8, 4) is 0 Å². The number of primary amides is 1. The molecule has 7 atom stereocenters. The highest BCUT2D eigenvalue weighted by Crippen LogP contribution is 2.12. The van der Waals surface area contributed by atoms with E-state index in [0.717, 1.165) is 6.21 Å². The molecule has 0 spiro atoms. The number of nitrogens with one attached hydrogen (secondary N) is 7. The Morgan fingerprint density at radius 2 is 0.896 bits per heavy atom. The average molecular weight is 945 g/mol. The monoisotopic (exact) mass is 944 g/mol. The molecule has 0 unspecified atom stereocenters. The van der Waals surface area contributed by atoms with Crippen molar-refractivity contribution in [1.82, 2.24) is 31.9 Å². The number of carbonyl (C=O) groups excluding carboxylic acids is 7. The van der Waals surface area contributed by atoms with E-state index in [0.29, 0.717) is 36.1 Å². The van der Waals surface area contributed by atoms with Gasteiger partial charge in [0.15, 0.2) is 0 Å². The molecule has 0 aliphatic rings. The predicted molar refractivity (Wildman–Crippen MR) is 255 cm³/mol. The number of thiol groups is 1. The molecule has 0 heterocycles. The maximum Gasteiger partial charge on any atom is 0.326 e. The summed E-state index contributed by atoms with van der Waals surface area (Å²) in [7, 11) is 0. The molecule has 362 valence electrons. The molecule has 14 N–H and O–H groups in total. The smallest absolute Gasteiger partial charge is 0.326 e. The molecule has 0 saturated heterocycles. The van der Waals surface area contributed by atoms with Crippen molar-refractivity contribution in [2.75, 3.05) is 12.3 Å². The molecule has 3 aromatic rings. The Morgan fingerprint density at radius 3 is 1.28 bits per heavy atom. The van der Waals surface area contributed by atoms with Crippen molar-refractivity contribution < 1.29 is 43.5 Å². The van der Waals surface area contributed by atoms with E-state index in [1.807, 2.05) is 0 Å². The second-order valence-electron chi connectivity index (χ2n) is 16.0. The van der Waals surface area contributed by atoms with Crippen molar-refractivity contribution in [2.24, 2.45) is 17.2 Å². The molecular weight excluding hydrogens is 881 g/mol. The Morgan fingerprint density at radius 1 is 0.537 bits per heavy atom. The standard InChI is InChI=1S/C47H64N10O9S/c48-24-12-10-20-34(52-41(59)33(50)29-67)42(60)55-37(26-30-14-4-1-5-15-30)45(63)53-35(21-11-13-25-49)43(61)56-38(27-31-16-6-2-7-17-31)46(64)54-36(22-23-40(51)58)44(62)57-39(47(65)66)28-32-18-8-3-9-19-32/h1-9,14-19,25,33-39,49,67H,10-13,20-24,26-29,48,50H2,(H2,51,58)(H,52,59)(H,53,63)(H,54,64)(H,55,60)(H,56,61)(H,57,62)(H,65,66)/t33-,34-,35-,36-,37-,38-,39-/m0/s1. The summed E-state index contributed by atoms with van der Waals surface area (Å²) in [5.41, 5.74) is 18.9. The maximum atomic E-state index is 14.3. The minimum absolute atomic E-state index is 0.000344. The van der Waals surface area contributed by atoms with Gasteiger partial charge in [0, 0.05) is 31.4 Å². The van der Waals surface area contributed by atoms with Crippen LogP contribution >= 0.6 is 12.6 Å². The number of nitrogens with two attached hydrogens (primary N) is 3. The summed E-state index contributed by atoms with van der Waals surface area (Å²) in [5.74, 6) is -6.73. The fourth-order valence-corrected chi connectivity index (χ4v) is 7.07. The van der Waals surface area contributed by atoms with Crippen LogP contribution in [0.2, 0.25) is 0 Å². The molecule has 0 fully saturated rings. The summed E-state index contributed by atoms with van der Waals surface area (Å²) >= 11 is 4.08. The summed E-state index contributed by atoms with van der Waals surface area (Å²) in [5, 5.41) is 33.4. The third-order valence-electron chi connectivity index (χ3n) is 10.6. The Hall–Kier alpha value is -6.64. The zero-order valence-corrected chi connectivity index (χ0v) is 38.3. The highest BCUT2D eigenvalue weighted by atomic mass is 32.1. The molecule has 0 radical (unpaired) electrons. The topological polar surface area (TPSA) is 331 Å². The largest absolute Gasteiger partial charge is 0.480 e. The van der Waals surface area contributed by atoms with Crippen molar-refractivity contribution >= 4 is 66.2 Å². The van der Waals surface area contributed by atoms with Crippen LogP contribution in [0.15, 0.2) is 91.0 Å². The quantitative estimate of drug-likeness (QED) is 0.0235. The van der Waals surface area contributed by atoms with Crippen molar-refractivity contribution in [3.63, 3.8) is 0 Å². The van der Waals surface area contributed by atoms with E-state index in [2.05, 4.69) is 44.5 Å². The van der Waals surface area contributed by atoms with Crippen molar-refractivity contribution in [2.45, 2.75) is 113 Å². The zero-order valence-electron chi connectivity index (χ0n) is 37.4. The molecule has 3 aromatic carbocycles. The van der Waals surface area contributed by atoms with Crippen LogP contribution in [0.4, 0.5) is 0 Å². The summed E-state index contributed by atoms with van der Waals surface area (Å²) in [6, 6.07) is 17.0. The molecule has 0 bridgehead atoms. The van der Waals surface area contributed by atoms with Crippen molar-refractivity contribution in [3.05, 3.63) is 108 Å². The van der Waals surface area contributed by atoms with Gasteiger partial charge in [-0.3, -0.25) is 33.6 Å². The molecule has 0 aliphatic carbocycles. The maximum absolute atomic E-state index is 14.3. The Kier molecular flexibility index (Phi) is 24.3. The third-order valence-corrected chi connectivity index (χ3v) is 11.0. The number of carbonyl (C=O) groups is 8. The van der Waals surface area contributed by atoms with Gasteiger partial charge in [-0.2, -0.15) is 12.6 Å². The summed E-state index contributed by atoms with van der Waals surface area (Å²) in [4.78, 5) is 107. The van der Waals surface area contributed by atoms with E-state index in [-0.39, 0.29) is 63.5 Å². The van der Waals surface area contributed by atoms with Crippen LogP contribution in [0.5, 0.6) is 0 Å². The molecule has 7 amide bonds. The van der Waals surface area contributed by atoms with E-state index in [9.17, 15) is 43.5 Å². The molecular formula is C47H64N10O9S. The number of carboxylic acids is 1. The first-order valence-electron chi connectivity index (χ1n) is 22.2. The fourth-order valence-electron chi connectivity index (χ4n) is 6.90. The number of amides is 7. The lowest BCUT2D eigenvalue weighted by molar-refractivity contribution is -0.142. The van der Waals surface area contributed by atoms with E-state index in [1.54, 1.807) is 91.0 Å². The zero-order chi connectivity index (χ0) is 49.1. The van der Waals surface area contributed by atoms with Gasteiger partial charge >= 0.3 is 5.97 Å². The number of rotatable bonds is 31. The van der Waals surface area contributed by atoms with E-state index < -0.39 is 89.6 Å². The van der Waals surface area contributed by atoms with Crippen LogP contribution in [-0.4, -0.2) is 113 Å². The summed E-state index contributed by atoms with van der Waals surface area (Å²) < 4.78 is 0. The third kappa shape index (κ3) is 20.2. The molecule has 67 heavy (non-hydrogen) atoms. The van der Waals surface area contributed by atoms with E-state index >= 15 is 0 Å². The van der Waals surface area contributed by atoms with Gasteiger partial charge in [0.05, 0.1) is 6.04 Å². The Bertz CT molecular complexity index is 2080. The highest BCUT2D eigenvalue weighted by Gasteiger charge is 2.34. The molecule has 0 aromatic heterocycles. The van der Waals surface area contributed by atoms with Gasteiger partial charge in [-0.1, -0.05) is 91.0 Å². The Balaban J connectivity index is 1.94. The number of unbranched alkanes of at least 4 members (excludes halogenated alkanes) is 2. The second kappa shape index (κ2) is 29.8. The van der Waals surface area contributed by atoms with Gasteiger partial charge in [-0.25, -0.2) is 4.79 Å². The summed E-state index contributed by atoms with van der Waals surface area (Å²) in [6.45, 7) is 0.348. The average Bonchev–Trinajstić information content (AvgIpc) is 3.31. The number of hydrogen-bond donors (Lipinski definition) is 12. The van der Waals surface area contributed by atoms with Gasteiger partial charge in [-0.05, 0) is 74.4 Å². The first-order chi connectivity index (χ1) is 32.1. The lowest BCUT2D eigenvalue weighted by atomic mass is 10.0.